The van der Waals surface area contributed by atoms with Gasteiger partial charge in [0.15, 0.2) is 0 Å². The number of nitrogens with one attached hydrogen (secondary N) is 1. The first kappa shape index (κ1) is 9.79. The van der Waals surface area contributed by atoms with Gasteiger partial charge in [-0.15, -0.1) is 11.3 Å². The van der Waals surface area contributed by atoms with Gasteiger partial charge < -0.3 is 5.32 Å². The Bertz CT molecular complexity index is 427. The van der Waals surface area contributed by atoms with Crippen molar-refractivity contribution in [3.05, 3.63) is 46.7 Å². The lowest BCUT2D eigenvalue weighted by Gasteiger charge is -2.02. The minimum atomic E-state index is -0.0960. The van der Waals surface area contributed by atoms with Crippen LogP contribution in [-0.2, 0) is 6.54 Å². The number of carbonyl (C=O) groups excluding carboxylic acids is 1. The van der Waals surface area contributed by atoms with Crippen molar-refractivity contribution in [3.63, 3.8) is 0 Å². The second-order valence-corrected chi connectivity index (χ2v) is 3.80. The first-order valence-electron chi connectivity index (χ1n) is 4.42. The molecule has 0 aliphatic carbocycles. The Morgan fingerprint density at radius 3 is 3.00 bits per heavy atom. The van der Waals surface area contributed by atoms with Crippen molar-refractivity contribution in [1.82, 2.24) is 15.3 Å². The fraction of sp³-hybridized carbons (Fsp3) is 0.100. The summed E-state index contributed by atoms with van der Waals surface area (Å²) in [5.74, 6) is -0.0960. The van der Waals surface area contributed by atoms with Crippen LogP contribution in [0.25, 0.3) is 0 Å². The van der Waals surface area contributed by atoms with Gasteiger partial charge in [0.25, 0.3) is 5.91 Å². The standard InChI is InChI=1S/C10H9N3OS/c14-10(9-6-12-7-15-9)13-5-8-2-1-3-11-4-8/h1-4,6-7H,5H2,(H,13,14). The van der Waals surface area contributed by atoms with Crippen molar-refractivity contribution in [3.8, 4) is 0 Å². The molecule has 2 aromatic heterocycles. The molecule has 76 valence electrons. The molecule has 2 aromatic rings. The largest absolute Gasteiger partial charge is 0.347 e. The number of hydrogen-bond donors (Lipinski definition) is 1. The van der Waals surface area contributed by atoms with Crippen LogP contribution in [0.1, 0.15) is 15.2 Å². The minimum absolute atomic E-state index is 0.0960. The summed E-state index contributed by atoms with van der Waals surface area (Å²) in [6.07, 6.45) is 4.99. The van der Waals surface area contributed by atoms with Gasteiger partial charge in [0.2, 0.25) is 0 Å². The zero-order chi connectivity index (χ0) is 10.5. The number of nitrogens with zero attached hydrogens (tertiary/aromatic N) is 2. The SMILES string of the molecule is O=C(NCc1cccnc1)c1cncs1. The van der Waals surface area contributed by atoms with Crippen LogP contribution in [0.3, 0.4) is 0 Å². The molecule has 5 heteroatoms. The summed E-state index contributed by atoms with van der Waals surface area (Å²) in [6, 6.07) is 3.76. The predicted octanol–water partition coefficient (Wildman–Crippen LogP) is 1.47. The van der Waals surface area contributed by atoms with Gasteiger partial charge in [-0.2, -0.15) is 0 Å². The van der Waals surface area contributed by atoms with Crippen LogP contribution in [0, 0.1) is 0 Å². The Morgan fingerprint density at radius 2 is 2.33 bits per heavy atom. The highest BCUT2D eigenvalue weighted by molar-refractivity contribution is 7.11. The van der Waals surface area contributed by atoms with Crippen LogP contribution in [-0.4, -0.2) is 15.9 Å². The van der Waals surface area contributed by atoms with Gasteiger partial charge in [0, 0.05) is 18.9 Å². The average Bonchev–Trinajstić information content (AvgIpc) is 2.81. The number of carbonyl (C=O) groups is 1. The van der Waals surface area contributed by atoms with Gasteiger partial charge in [-0.25, -0.2) is 0 Å². The molecule has 0 aliphatic heterocycles. The number of thiazole rings is 1. The number of hydrogen-bond acceptors (Lipinski definition) is 4. The van der Waals surface area contributed by atoms with E-state index in [1.54, 1.807) is 24.1 Å². The van der Waals surface area contributed by atoms with E-state index in [9.17, 15) is 4.79 Å². The Morgan fingerprint density at radius 1 is 1.40 bits per heavy atom. The van der Waals surface area contributed by atoms with E-state index >= 15 is 0 Å². The Labute approximate surface area is 91.0 Å². The van der Waals surface area contributed by atoms with Gasteiger partial charge in [-0.05, 0) is 11.6 Å². The van der Waals surface area contributed by atoms with Gasteiger partial charge in [0.1, 0.15) is 4.88 Å². The molecule has 1 N–H and O–H groups in total. The highest BCUT2D eigenvalue weighted by Crippen LogP contribution is 2.05. The molecule has 1 amide bonds. The van der Waals surface area contributed by atoms with Crippen molar-refractivity contribution in [2.75, 3.05) is 0 Å². The summed E-state index contributed by atoms with van der Waals surface area (Å²) in [7, 11) is 0. The molecule has 15 heavy (non-hydrogen) atoms. The third kappa shape index (κ3) is 2.60. The van der Waals surface area contributed by atoms with Gasteiger partial charge in [-0.3, -0.25) is 14.8 Å². The minimum Gasteiger partial charge on any atom is -0.347 e. The molecule has 2 heterocycles. The maximum atomic E-state index is 11.5. The van der Waals surface area contributed by atoms with Crippen molar-refractivity contribution in [2.45, 2.75) is 6.54 Å². The maximum absolute atomic E-state index is 11.5. The summed E-state index contributed by atoms with van der Waals surface area (Å²) < 4.78 is 0. The van der Waals surface area contributed by atoms with E-state index in [0.717, 1.165) is 5.56 Å². The van der Waals surface area contributed by atoms with Crippen molar-refractivity contribution in [1.29, 1.82) is 0 Å². The fourth-order valence-electron chi connectivity index (χ4n) is 1.10. The Hall–Kier alpha value is -1.75. The molecule has 0 fully saturated rings. The molecule has 0 atom stereocenters. The topological polar surface area (TPSA) is 54.9 Å². The van der Waals surface area contributed by atoms with E-state index in [1.807, 2.05) is 12.1 Å². The summed E-state index contributed by atoms with van der Waals surface area (Å²) >= 11 is 1.33. The monoisotopic (exact) mass is 219 g/mol. The van der Waals surface area contributed by atoms with E-state index in [0.29, 0.717) is 11.4 Å². The second kappa shape index (κ2) is 4.65. The van der Waals surface area contributed by atoms with Crippen LogP contribution >= 0.6 is 11.3 Å². The van der Waals surface area contributed by atoms with E-state index in [1.165, 1.54) is 11.3 Å². The Balaban J connectivity index is 1.92. The number of aromatic nitrogens is 2. The zero-order valence-corrected chi connectivity index (χ0v) is 8.70. The van der Waals surface area contributed by atoms with Crippen molar-refractivity contribution < 1.29 is 4.79 Å². The Kier molecular flexibility index (Phi) is 3.04. The summed E-state index contributed by atoms with van der Waals surface area (Å²) in [5, 5.41) is 2.79. The molecule has 0 aliphatic rings. The van der Waals surface area contributed by atoms with Crippen LogP contribution in [0.2, 0.25) is 0 Å². The second-order valence-electron chi connectivity index (χ2n) is 2.91. The van der Waals surface area contributed by atoms with Crippen LogP contribution in [0.5, 0.6) is 0 Å². The van der Waals surface area contributed by atoms with Crippen LogP contribution in [0.15, 0.2) is 36.2 Å². The normalized spacial score (nSPS) is 9.87. The molecular weight excluding hydrogens is 210 g/mol. The third-order valence-electron chi connectivity index (χ3n) is 1.83. The molecule has 0 unspecified atom stereocenters. The van der Waals surface area contributed by atoms with Gasteiger partial charge in [-0.1, -0.05) is 6.07 Å². The smallest absolute Gasteiger partial charge is 0.263 e. The molecular formula is C10H9N3OS. The van der Waals surface area contributed by atoms with Gasteiger partial charge >= 0.3 is 0 Å². The lowest BCUT2D eigenvalue weighted by atomic mass is 10.3. The summed E-state index contributed by atoms with van der Waals surface area (Å²) in [6.45, 7) is 0.491. The summed E-state index contributed by atoms with van der Waals surface area (Å²) in [4.78, 5) is 19.9. The number of pyridine rings is 1. The summed E-state index contributed by atoms with van der Waals surface area (Å²) in [5.41, 5.74) is 2.62. The molecule has 0 saturated heterocycles. The third-order valence-corrected chi connectivity index (χ3v) is 2.60. The van der Waals surface area contributed by atoms with E-state index in [2.05, 4.69) is 15.3 Å². The molecule has 0 saturated carbocycles. The van der Waals surface area contributed by atoms with Crippen molar-refractivity contribution >= 4 is 17.2 Å². The van der Waals surface area contributed by atoms with E-state index in [4.69, 9.17) is 0 Å². The molecule has 2 rings (SSSR count). The van der Waals surface area contributed by atoms with E-state index in [-0.39, 0.29) is 5.91 Å². The van der Waals surface area contributed by atoms with Crippen molar-refractivity contribution in [2.24, 2.45) is 0 Å². The van der Waals surface area contributed by atoms with Crippen LogP contribution in [0.4, 0.5) is 0 Å². The molecule has 0 radical (unpaired) electrons. The lowest BCUT2D eigenvalue weighted by Crippen LogP contribution is -2.21. The molecule has 0 bridgehead atoms. The maximum Gasteiger partial charge on any atom is 0.263 e. The van der Waals surface area contributed by atoms with E-state index < -0.39 is 0 Å². The molecule has 0 aromatic carbocycles. The molecule has 4 nitrogen and oxygen atoms in total. The average molecular weight is 219 g/mol. The first-order chi connectivity index (χ1) is 7.36. The molecule has 0 spiro atoms. The predicted molar refractivity (Wildman–Crippen MR) is 57.5 cm³/mol. The zero-order valence-electron chi connectivity index (χ0n) is 7.88. The van der Waals surface area contributed by atoms with Crippen LogP contribution < -0.4 is 5.32 Å². The first-order valence-corrected chi connectivity index (χ1v) is 5.30. The lowest BCUT2D eigenvalue weighted by molar-refractivity contribution is 0.0954. The van der Waals surface area contributed by atoms with Gasteiger partial charge in [0.05, 0.1) is 11.7 Å². The fourth-order valence-corrected chi connectivity index (χ4v) is 1.64. The highest BCUT2D eigenvalue weighted by atomic mass is 32.1. The number of rotatable bonds is 3. The highest BCUT2D eigenvalue weighted by Gasteiger charge is 2.05. The quantitative estimate of drug-likeness (QED) is 0.850. The number of amides is 1.